The van der Waals surface area contributed by atoms with E-state index in [1.54, 1.807) is 13.8 Å². The van der Waals surface area contributed by atoms with E-state index in [4.69, 9.17) is 13.9 Å². The van der Waals surface area contributed by atoms with Crippen LogP contribution < -0.4 is 20.3 Å². The van der Waals surface area contributed by atoms with Gasteiger partial charge in [0.05, 0.1) is 18.2 Å². The first kappa shape index (κ1) is 23.4. The minimum atomic E-state index is -3.01. The number of carbonyl (C=O) groups is 2. The van der Waals surface area contributed by atoms with Crippen LogP contribution in [-0.4, -0.2) is 42.4 Å². The minimum Gasteiger partial charge on any atom is -0.493 e. The maximum absolute atomic E-state index is 12.4. The SMILES string of the molecule is COc1cc(/C=C/C(=O)OCC(=O)Nc2oc(C)c3c(C)n[nH]c(=O)c23)ccc1OC(F)F. The second-order valence-corrected chi connectivity index (χ2v) is 6.65. The summed E-state index contributed by atoms with van der Waals surface area (Å²) in [5, 5.41) is 9.17. The molecule has 12 heteroatoms. The van der Waals surface area contributed by atoms with Gasteiger partial charge in [-0.25, -0.2) is 9.89 Å². The van der Waals surface area contributed by atoms with E-state index < -0.39 is 30.7 Å². The summed E-state index contributed by atoms with van der Waals surface area (Å²) in [6, 6.07) is 4.07. The molecule has 0 unspecified atom stereocenters. The van der Waals surface area contributed by atoms with Gasteiger partial charge in [0, 0.05) is 6.08 Å². The molecule has 3 aromatic rings. The van der Waals surface area contributed by atoms with Crippen LogP contribution in [0.4, 0.5) is 14.7 Å². The van der Waals surface area contributed by atoms with Gasteiger partial charge in [0.15, 0.2) is 18.1 Å². The maximum Gasteiger partial charge on any atom is 0.387 e. The molecule has 0 radical (unpaired) electrons. The molecule has 10 nitrogen and oxygen atoms in total. The Morgan fingerprint density at radius 3 is 2.70 bits per heavy atom. The smallest absolute Gasteiger partial charge is 0.387 e. The summed E-state index contributed by atoms with van der Waals surface area (Å²) in [6.45, 7) is -0.353. The van der Waals surface area contributed by atoms with Crippen LogP contribution in [0.25, 0.3) is 16.8 Å². The topological polar surface area (TPSA) is 133 Å². The fraction of sp³-hybridized carbons (Fsp3) is 0.238. The summed E-state index contributed by atoms with van der Waals surface area (Å²) >= 11 is 0. The monoisotopic (exact) mass is 463 g/mol. The van der Waals surface area contributed by atoms with Crippen molar-refractivity contribution in [2.75, 3.05) is 19.0 Å². The quantitative estimate of drug-likeness (QED) is 0.385. The molecule has 2 heterocycles. The molecule has 0 aliphatic heterocycles. The molecule has 2 aromatic heterocycles. The summed E-state index contributed by atoms with van der Waals surface area (Å²) < 4.78 is 44.4. The van der Waals surface area contributed by atoms with Crippen LogP contribution >= 0.6 is 0 Å². The summed E-state index contributed by atoms with van der Waals surface area (Å²) in [6.07, 6.45) is 2.38. The predicted octanol–water partition coefficient (Wildman–Crippen LogP) is 2.94. The maximum atomic E-state index is 12.4. The fourth-order valence-electron chi connectivity index (χ4n) is 3.02. The number of amides is 1. The van der Waals surface area contributed by atoms with Gasteiger partial charge in [0.25, 0.3) is 11.5 Å². The van der Waals surface area contributed by atoms with Crippen LogP contribution in [0.15, 0.2) is 33.5 Å². The van der Waals surface area contributed by atoms with Gasteiger partial charge < -0.3 is 18.6 Å². The third-order valence-corrected chi connectivity index (χ3v) is 4.41. The molecular weight excluding hydrogens is 444 g/mol. The number of carbonyl (C=O) groups excluding carboxylic acids is 2. The van der Waals surface area contributed by atoms with Crippen LogP contribution in [0, 0.1) is 13.8 Å². The summed E-state index contributed by atoms with van der Waals surface area (Å²) in [5.74, 6) is -1.35. The van der Waals surface area contributed by atoms with Gasteiger partial charge in [-0.3, -0.25) is 14.9 Å². The van der Waals surface area contributed by atoms with Crippen molar-refractivity contribution >= 4 is 34.6 Å². The van der Waals surface area contributed by atoms with E-state index in [0.29, 0.717) is 22.4 Å². The molecule has 1 aromatic carbocycles. The van der Waals surface area contributed by atoms with E-state index in [9.17, 15) is 23.2 Å². The number of rotatable bonds is 8. The van der Waals surface area contributed by atoms with Crippen LogP contribution in [0.3, 0.4) is 0 Å². The normalized spacial score (nSPS) is 11.2. The zero-order chi connectivity index (χ0) is 24.1. The lowest BCUT2D eigenvalue weighted by molar-refractivity contribution is -0.142. The number of nitrogens with zero attached hydrogens (tertiary/aromatic N) is 1. The Bertz CT molecular complexity index is 1280. The van der Waals surface area contributed by atoms with Gasteiger partial charge >= 0.3 is 12.6 Å². The number of aromatic amines is 1. The van der Waals surface area contributed by atoms with E-state index in [0.717, 1.165) is 6.08 Å². The number of H-pyrrole nitrogens is 1. The fourth-order valence-corrected chi connectivity index (χ4v) is 3.02. The Morgan fingerprint density at radius 1 is 1.24 bits per heavy atom. The third kappa shape index (κ3) is 5.53. The van der Waals surface area contributed by atoms with E-state index in [-0.39, 0.29) is 22.8 Å². The number of hydrogen-bond acceptors (Lipinski definition) is 8. The highest BCUT2D eigenvalue weighted by molar-refractivity contribution is 6.02. The molecule has 0 atom stereocenters. The molecule has 0 aliphatic carbocycles. The minimum absolute atomic E-state index is 0.0478. The Balaban J connectivity index is 1.61. The number of nitrogens with one attached hydrogen (secondary N) is 2. The summed E-state index contributed by atoms with van der Waals surface area (Å²) in [4.78, 5) is 36.2. The number of esters is 1. The number of methoxy groups -OCH3 is 1. The molecule has 0 aliphatic rings. The van der Waals surface area contributed by atoms with Crippen molar-refractivity contribution in [3.63, 3.8) is 0 Å². The van der Waals surface area contributed by atoms with Crippen molar-refractivity contribution in [3.8, 4) is 11.5 Å². The highest BCUT2D eigenvalue weighted by Gasteiger charge is 2.19. The first-order valence-corrected chi connectivity index (χ1v) is 9.45. The standard InChI is InChI=1S/C21H19F2N3O7/c1-10-17-11(2)32-20(18(17)19(29)26-25-10)24-15(27)9-31-16(28)7-5-12-4-6-13(33-21(22)23)14(8-12)30-3/h4-8,21H,9H2,1-3H3,(H,24,27)(H,26,29)/b7-5+. The van der Waals surface area contributed by atoms with E-state index >= 15 is 0 Å². The highest BCUT2D eigenvalue weighted by Crippen LogP contribution is 2.30. The van der Waals surface area contributed by atoms with E-state index in [2.05, 4.69) is 20.3 Å². The highest BCUT2D eigenvalue weighted by atomic mass is 19.3. The average molecular weight is 463 g/mol. The lowest BCUT2D eigenvalue weighted by Gasteiger charge is -2.10. The Labute approximate surface area is 185 Å². The van der Waals surface area contributed by atoms with Crippen molar-refractivity contribution in [3.05, 3.63) is 51.6 Å². The zero-order valence-electron chi connectivity index (χ0n) is 17.7. The van der Waals surface area contributed by atoms with Crippen LogP contribution in [0.5, 0.6) is 11.5 Å². The molecule has 0 saturated carbocycles. The van der Waals surface area contributed by atoms with Crippen molar-refractivity contribution in [2.45, 2.75) is 20.5 Å². The van der Waals surface area contributed by atoms with Gasteiger partial charge in [-0.2, -0.15) is 13.9 Å². The number of hydrogen-bond donors (Lipinski definition) is 2. The largest absolute Gasteiger partial charge is 0.493 e. The summed E-state index contributed by atoms with van der Waals surface area (Å²) in [7, 11) is 1.28. The van der Waals surface area contributed by atoms with Gasteiger partial charge in [0.1, 0.15) is 11.1 Å². The van der Waals surface area contributed by atoms with Crippen molar-refractivity contribution in [2.24, 2.45) is 0 Å². The first-order valence-electron chi connectivity index (χ1n) is 9.45. The first-order chi connectivity index (χ1) is 15.7. The van der Waals surface area contributed by atoms with E-state index in [1.807, 2.05) is 0 Å². The van der Waals surface area contributed by atoms with Crippen LogP contribution in [0.2, 0.25) is 0 Å². The lowest BCUT2D eigenvalue weighted by atomic mass is 10.2. The van der Waals surface area contributed by atoms with Crippen LogP contribution in [-0.2, 0) is 14.3 Å². The molecule has 33 heavy (non-hydrogen) atoms. The Kier molecular flexibility index (Phi) is 7.06. The molecule has 174 valence electrons. The Morgan fingerprint density at radius 2 is 2.00 bits per heavy atom. The number of ether oxygens (including phenoxy) is 3. The molecule has 0 bridgehead atoms. The number of benzene rings is 1. The number of anilines is 1. The number of aryl methyl sites for hydroxylation is 2. The van der Waals surface area contributed by atoms with E-state index in [1.165, 1.54) is 31.4 Å². The second kappa shape index (κ2) is 9.94. The second-order valence-electron chi connectivity index (χ2n) is 6.65. The van der Waals surface area contributed by atoms with Gasteiger partial charge in [-0.1, -0.05) is 6.07 Å². The lowest BCUT2D eigenvalue weighted by Crippen LogP contribution is -2.21. The van der Waals surface area contributed by atoms with Gasteiger partial charge in [-0.15, -0.1) is 0 Å². The van der Waals surface area contributed by atoms with Crippen LogP contribution in [0.1, 0.15) is 17.0 Å². The molecule has 0 fully saturated rings. The molecule has 0 spiro atoms. The number of furan rings is 1. The number of aromatic nitrogens is 2. The molecule has 2 N–H and O–H groups in total. The van der Waals surface area contributed by atoms with Crippen molar-refractivity contribution in [1.82, 2.24) is 10.2 Å². The third-order valence-electron chi connectivity index (χ3n) is 4.41. The van der Waals surface area contributed by atoms with Gasteiger partial charge in [0.2, 0.25) is 5.88 Å². The molecular formula is C21H19F2N3O7. The number of alkyl halides is 2. The number of halogens is 2. The van der Waals surface area contributed by atoms with Crippen molar-refractivity contribution in [1.29, 1.82) is 0 Å². The predicted molar refractivity (Wildman–Crippen MR) is 112 cm³/mol. The molecule has 3 rings (SSSR count). The Hall–Kier alpha value is -4.22. The molecule has 0 saturated heterocycles. The average Bonchev–Trinajstić information content (AvgIpc) is 3.10. The zero-order valence-corrected chi connectivity index (χ0v) is 17.7. The summed E-state index contributed by atoms with van der Waals surface area (Å²) in [5.41, 5.74) is 0.423. The number of fused-ring (bicyclic) bond motifs is 1. The van der Waals surface area contributed by atoms with Gasteiger partial charge in [-0.05, 0) is 37.6 Å². The van der Waals surface area contributed by atoms with Crippen molar-refractivity contribution < 1.29 is 37.0 Å². The molecule has 1 amide bonds.